The number of aliphatic hydroxyl groups is 1. The highest BCUT2D eigenvalue weighted by atomic mass is 16.5. The van der Waals surface area contributed by atoms with E-state index in [2.05, 4.69) is 10.1 Å². The monoisotopic (exact) mass is 216 g/mol. The summed E-state index contributed by atoms with van der Waals surface area (Å²) in [6, 6.07) is -1.01. The zero-order valence-corrected chi connectivity index (χ0v) is 8.90. The summed E-state index contributed by atoms with van der Waals surface area (Å²) >= 11 is 0. The lowest BCUT2D eigenvalue weighted by molar-refractivity contribution is -0.145. The summed E-state index contributed by atoms with van der Waals surface area (Å²) in [6.45, 7) is 2.45. The molecule has 0 aromatic carbocycles. The maximum absolute atomic E-state index is 11.5. The van der Waals surface area contributed by atoms with Gasteiger partial charge in [0.15, 0.2) is 0 Å². The van der Waals surface area contributed by atoms with E-state index in [0.717, 1.165) is 0 Å². The number of esters is 1. The number of aliphatic hydroxyl groups excluding tert-OH is 1. The van der Waals surface area contributed by atoms with Crippen LogP contribution >= 0.6 is 0 Å². The minimum Gasteiger partial charge on any atom is -0.467 e. The maximum atomic E-state index is 11.5. The Morgan fingerprint density at radius 1 is 1.60 bits per heavy atom. The minimum atomic E-state index is -0.670. The van der Waals surface area contributed by atoms with Crippen LogP contribution in [0, 0.1) is 0 Å². The fourth-order valence-electron chi connectivity index (χ4n) is 1.65. The molecule has 2 unspecified atom stereocenters. The number of methoxy groups -OCH3 is 1. The van der Waals surface area contributed by atoms with E-state index in [1.54, 1.807) is 6.92 Å². The molecule has 0 spiro atoms. The first-order valence-electron chi connectivity index (χ1n) is 4.90. The van der Waals surface area contributed by atoms with Crippen LogP contribution in [0.25, 0.3) is 0 Å². The number of rotatable bonds is 2. The van der Waals surface area contributed by atoms with Gasteiger partial charge in [-0.05, 0) is 6.92 Å². The van der Waals surface area contributed by atoms with Gasteiger partial charge in [-0.25, -0.2) is 9.59 Å². The molecule has 0 radical (unpaired) electrons. The van der Waals surface area contributed by atoms with E-state index in [-0.39, 0.29) is 19.0 Å². The summed E-state index contributed by atoms with van der Waals surface area (Å²) < 4.78 is 4.57. The van der Waals surface area contributed by atoms with Gasteiger partial charge in [0.05, 0.1) is 13.2 Å². The van der Waals surface area contributed by atoms with E-state index < -0.39 is 18.1 Å². The lowest BCUT2D eigenvalue weighted by Gasteiger charge is -2.22. The molecule has 1 rings (SSSR count). The number of nitrogens with one attached hydrogen (secondary N) is 1. The Labute approximate surface area is 88.2 Å². The second-order valence-electron chi connectivity index (χ2n) is 3.42. The first-order chi connectivity index (χ1) is 7.10. The van der Waals surface area contributed by atoms with Gasteiger partial charge in [-0.1, -0.05) is 0 Å². The fraction of sp³-hybridized carbons (Fsp3) is 0.778. The van der Waals surface area contributed by atoms with Gasteiger partial charge in [-0.2, -0.15) is 0 Å². The molecular formula is C9H16N2O4. The van der Waals surface area contributed by atoms with Crippen LogP contribution in [0.15, 0.2) is 0 Å². The Morgan fingerprint density at radius 3 is 2.80 bits per heavy atom. The molecule has 2 atom stereocenters. The number of β-amino-alcohol motifs (C(OH)–C–C–N with tert-alkyl or cyclic N) is 1. The topological polar surface area (TPSA) is 78.9 Å². The summed E-state index contributed by atoms with van der Waals surface area (Å²) in [5.41, 5.74) is 0. The van der Waals surface area contributed by atoms with Crippen molar-refractivity contribution in [2.45, 2.75) is 25.5 Å². The molecule has 0 bridgehead atoms. The van der Waals surface area contributed by atoms with E-state index in [0.29, 0.717) is 6.54 Å². The fourth-order valence-corrected chi connectivity index (χ4v) is 1.65. The zero-order chi connectivity index (χ0) is 11.4. The molecular weight excluding hydrogens is 200 g/mol. The molecule has 0 aliphatic carbocycles. The first-order valence-corrected chi connectivity index (χ1v) is 4.90. The molecule has 6 nitrogen and oxygen atoms in total. The lowest BCUT2D eigenvalue weighted by Crippen LogP contribution is -2.46. The van der Waals surface area contributed by atoms with E-state index in [1.807, 2.05) is 0 Å². The maximum Gasteiger partial charge on any atom is 0.328 e. The SMILES string of the molecule is CCNC(=O)N1CC(O)CC1C(=O)OC. The number of ether oxygens (including phenoxy) is 1. The van der Waals surface area contributed by atoms with Crippen molar-refractivity contribution in [3.05, 3.63) is 0 Å². The van der Waals surface area contributed by atoms with Crippen molar-refractivity contribution in [2.24, 2.45) is 0 Å². The Hall–Kier alpha value is -1.30. The highest BCUT2D eigenvalue weighted by molar-refractivity contribution is 5.84. The van der Waals surface area contributed by atoms with Crippen LogP contribution < -0.4 is 5.32 Å². The molecule has 15 heavy (non-hydrogen) atoms. The van der Waals surface area contributed by atoms with Crippen LogP contribution in [0.2, 0.25) is 0 Å². The Morgan fingerprint density at radius 2 is 2.27 bits per heavy atom. The molecule has 2 amide bonds. The summed E-state index contributed by atoms with van der Waals surface area (Å²) in [7, 11) is 1.27. The number of hydrogen-bond acceptors (Lipinski definition) is 4. The summed E-state index contributed by atoms with van der Waals surface area (Å²) in [5, 5.41) is 12.0. The van der Waals surface area contributed by atoms with E-state index in [9.17, 15) is 14.7 Å². The second-order valence-corrected chi connectivity index (χ2v) is 3.42. The summed E-state index contributed by atoms with van der Waals surface area (Å²) in [5.74, 6) is -0.488. The van der Waals surface area contributed by atoms with Crippen LogP contribution in [0.1, 0.15) is 13.3 Å². The van der Waals surface area contributed by atoms with Crippen molar-refractivity contribution in [3.8, 4) is 0 Å². The Bertz CT molecular complexity index is 256. The first kappa shape index (κ1) is 11.8. The molecule has 1 aliphatic heterocycles. The number of amides is 2. The Kier molecular flexibility index (Phi) is 3.90. The molecule has 86 valence electrons. The molecule has 0 aromatic heterocycles. The molecule has 1 saturated heterocycles. The van der Waals surface area contributed by atoms with Gasteiger partial charge < -0.3 is 20.1 Å². The van der Waals surface area contributed by atoms with E-state index in [4.69, 9.17) is 0 Å². The highest BCUT2D eigenvalue weighted by Crippen LogP contribution is 2.18. The number of nitrogens with zero attached hydrogens (tertiary/aromatic N) is 1. The van der Waals surface area contributed by atoms with Crippen molar-refractivity contribution < 1.29 is 19.4 Å². The van der Waals surface area contributed by atoms with Gasteiger partial charge in [0.25, 0.3) is 0 Å². The average molecular weight is 216 g/mol. The van der Waals surface area contributed by atoms with Crippen molar-refractivity contribution in [1.29, 1.82) is 0 Å². The second kappa shape index (κ2) is 4.97. The van der Waals surface area contributed by atoms with Crippen LogP contribution in [-0.4, -0.2) is 54.4 Å². The quantitative estimate of drug-likeness (QED) is 0.600. The predicted octanol–water partition coefficient (Wildman–Crippen LogP) is -0.676. The number of likely N-dealkylation sites (tertiary alicyclic amines) is 1. The number of carbonyl (C=O) groups is 2. The molecule has 6 heteroatoms. The lowest BCUT2D eigenvalue weighted by atomic mass is 10.2. The van der Waals surface area contributed by atoms with Crippen LogP contribution in [0.4, 0.5) is 4.79 Å². The van der Waals surface area contributed by atoms with Crippen LogP contribution in [0.3, 0.4) is 0 Å². The number of urea groups is 1. The third kappa shape index (κ3) is 2.59. The van der Waals surface area contributed by atoms with E-state index in [1.165, 1.54) is 12.0 Å². The van der Waals surface area contributed by atoms with Gasteiger partial charge in [0, 0.05) is 19.5 Å². The molecule has 1 heterocycles. The van der Waals surface area contributed by atoms with E-state index >= 15 is 0 Å². The van der Waals surface area contributed by atoms with Gasteiger partial charge in [-0.15, -0.1) is 0 Å². The molecule has 0 aromatic rings. The third-order valence-corrected chi connectivity index (χ3v) is 2.34. The highest BCUT2D eigenvalue weighted by Gasteiger charge is 2.39. The van der Waals surface area contributed by atoms with Crippen LogP contribution in [0.5, 0.6) is 0 Å². The minimum absolute atomic E-state index is 0.172. The number of carbonyl (C=O) groups excluding carboxylic acids is 2. The standard InChI is InChI=1S/C9H16N2O4/c1-3-10-9(14)11-5-6(12)4-7(11)8(13)15-2/h6-7,12H,3-5H2,1-2H3,(H,10,14). The van der Waals surface area contributed by atoms with Gasteiger partial charge in [-0.3, -0.25) is 0 Å². The largest absolute Gasteiger partial charge is 0.467 e. The van der Waals surface area contributed by atoms with Crippen molar-refractivity contribution >= 4 is 12.0 Å². The Balaban J connectivity index is 2.68. The van der Waals surface area contributed by atoms with Gasteiger partial charge in [0.2, 0.25) is 0 Å². The molecule has 1 fully saturated rings. The molecule has 0 saturated carbocycles. The van der Waals surface area contributed by atoms with Gasteiger partial charge >= 0.3 is 12.0 Å². The van der Waals surface area contributed by atoms with Crippen molar-refractivity contribution in [3.63, 3.8) is 0 Å². The number of hydrogen-bond donors (Lipinski definition) is 2. The zero-order valence-electron chi connectivity index (χ0n) is 8.90. The normalized spacial score (nSPS) is 25.1. The summed E-state index contributed by atoms with van der Waals surface area (Å²) in [6.07, 6.45) is -0.416. The predicted molar refractivity (Wildman–Crippen MR) is 52.2 cm³/mol. The van der Waals surface area contributed by atoms with Crippen molar-refractivity contribution in [2.75, 3.05) is 20.2 Å². The summed E-state index contributed by atoms with van der Waals surface area (Å²) in [4.78, 5) is 24.1. The smallest absolute Gasteiger partial charge is 0.328 e. The molecule has 1 aliphatic rings. The van der Waals surface area contributed by atoms with Gasteiger partial charge in [0.1, 0.15) is 6.04 Å². The third-order valence-electron chi connectivity index (χ3n) is 2.34. The van der Waals surface area contributed by atoms with Crippen LogP contribution in [-0.2, 0) is 9.53 Å². The van der Waals surface area contributed by atoms with Crippen molar-refractivity contribution in [1.82, 2.24) is 10.2 Å². The average Bonchev–Trinajstić information content (AvgIpc) is 2.59. The molecule has 2 N–H and O–H groups in total.